The highest BCUT2D eigenvalue weighted by molar-refractivity contribution is 5.98. The molecule has 59 heavy (non-hydrogen) atoms. The van der Waals surface area contributed by atoms with Crippen LogP contribution in [0.15, 0.2) is 30.5 Å². The first-order valence-corrected chi connectivity index (χ1v) is 20.5. The fourth-order valence-corrected chi connectivity index (χ4v) is 7.82. The number of aromatic nitrogens is 1. The average molecular weight is 824 g/mol. The van der Waals surface area contributed by atoms with Crippen LogP contribution in [0.2, 0.25) is 0 Å². The van der Waals surface area contributed by atoms with Gasteiger partial charge in [0.25, 0.3) is 0 Å². The maximum Gasteiger partial charge on any atom is 0.248 e. The second kappa shape index (κ2) is 20.9. The van der Waals surface area contributed by atoms with Gasteiger partial charge in [0.2, 0.25) is 47.3 Å². The SMILES string of the molecule is CC(=O)N[C@@H](C)C(=O)N[C@@H](Cc1c[nH]c2ccccc12)C(=O)N[C@@H](CC(C)C)C(=O)N1CCC[C@H]1C(=O)N[C@@H](CC(C)C)C(=O)N[C@@H](CO)C(=O)N1CCC[C@H]1C(N)=O. The van der Waals surface area contributed by atoms with E-state index in [4.69, 9.17) is 5.73 Å². The van der Waals surface area contributed by atoms with Crippen molar-refractivity contribution in [2.24, 2.45) is 17.6 Å². The van der Waals surface area contributed by atoms with Crippen LogP contribution in [-0.2, 0) is 44.8 Å². The lowest BCUT2D eigenvalue weighted by atomic mass is 9.99. The molecule has 2 aliphatic rings. The summed E-state index contributed by atoms with van der Waals surface area (Å²) < 4.78 is 0. The fourth-order valence-electron chi connectivity index (χ4n) is 7.82. The molecule has 1 aromatic carbocycles. The van der Waals surface area contributed by atoms with Crippen LogP contribution in [0.25, 0.3) is 10.9 Å². The minimum Gasteiger partial charge on any atom is -0.394 e. The summed E-state index contributed by atoms with van der Waals surface area (Å²) in [7, 11) is 0. The number of carbonyl (C=O) groups is 8. The summed E-state index contributed by atoms with van der Waals surface area (Å²) in [6.45, 7) is 9.96. The molecule has 18 heteroatoms. The van der Waals surface area contributed by atoms with Gasteiger partial charge in [-0.05, 0) is 68.9 Å². The topological polar surface area (TPSA) is 265 Å². The maximum absolute atomic E-state index is 14.4. The number of carbonyl (C=O) groups excluding carboxylic acids is 8. The van der Waals surface area contributed by atoms with E-state index in [2.05, 4.69) is 31.6 Å². The number of fused-ring (bicyclic) bond motifs is 1. The van der Waals surface area contributed by atoms with Gasteiger partial charge in [-0.2, -0.15) is 0 Å². The summed E-state index contributed by atoms with van der Waals surface area (Å²) in [6, 6.07) is -0.0158. The average Bonchev–Trinajstić information content (AvgIpc) is 3.95. The Labute approximate surface area is 344 Å². The van der Waals surface area contributed by atoms with Crippen molar-refractivity contribution in [3.8, 4) is 0 Å². The van der Waals surface area contributed by atoms with Crippen molar-refractivity contribution >= 4 is 58.2 Å². The molecule has 18 nitrogen and oxygen atoms in total. The van der Waals surface area contributed by atoms with Crippen LogP contribution in [0, 0.1) is 11.8 Å². The molecule has 4 rings (SSSR count). The molecule has 0 saturated carbocycles. The maximum atomic E-state index is 14.4. The van der Waals surface area contributed by atoms with E-state index in [0.717, 1.165) is 16.5 Å². The van der Waals surface area contributed by atoms with Crippen LogP contribution < -0.4 is 32.3 Å². The second-order valence-electron chi connectivity index (χ2n) is 16.5. The van der Waals surface area contributed by atoms with Crippen LogP contribution in [0.5, 0.6) is 0 Å². The number of nitrogens with zero attached hydrogens (tertiary/aromatic N) is 2. The summed E-state index contributed by atoms with van der Waals surface area (Å²) in [5.74, 6) is -4.95. The van der Waals surface area contributed by atoms with Gasteiger partial charge >= 0.3 is 0 Å². The van der Waals surface area contributed by atoms with Gasteiger partial charge in [-0.25, -0.2) is 0 Å². The van der Waals surface area contributed by atoms with Gasteiger partial charge < -0.3 is 52.2 Å². The number of aromatic amines is 1. The fraction of sp³-hybridized carbons (Fsp3) is 0.610. The van der Waals surface area contributed by atoms with Gasteiger partial charge in [-0.1, -0.05) is 45.9 Å². The summed E-state index contributed by atoms with van der Waals surface area (Å²) in [5.41, 5.74) is 7.05. The molecule has 8 amide bonds. The first-order chi connectivity index (χ1) is 27.9. The number of hydrogen-bond acceptors (Lipinski definition) is 9. The van der Waals surface area contributed by atoms with Crippen LogP contribution in [0.4, 0.5) is 0 Å². The number of para-hydroxylation sites is 1. The smallest absolute Gasteiger partial charge is 0.248 e. The molecule has 0 bridgehead atoms. The van der Waals surface area contributed by atoms with E-state index < -0.39 is 96.2 Å². The summed E-state index contributed by atoms with van der Waals surface area (Å²) in [4.78, 5) is 112. The lowest BCUT2D eigenvalue weighted by Gasteiger charge is -2.32. The molecule has 2 aliphatic heterocycles. The minimum absolute atomic E-state index is 0.0670. The highest BCUT2D eigenvalue weighted by atomic mass is 16.3. The van der Waals surface area contributed by atoms with Crippen molar-refractivity contribution in [2.75, 3.05) is 19.7 Å². The van der Waals surface area contributed by atoms with Crippen molar-refractivity contribution < 1.29 is 43.5 Å². The van der Waals surface area contributed by atoms with Gasteiger partial charge in [0.1, 0.15) is 42.3 Å². The third-order valence-corrected chi connectivity index (χ3v) is 10.7. The van der Waals surface area contributed by atoms with E-state index in [1.165, 1.54) is 23.6 Å². The molecule has 3 heterocycles. The molecular weight excluding hydrogens is 763 g/mol. The van der Waals surface area contributed by atoms with Crippen molar-refractivity contribution in [1.82, 2.24) is 41.4 Å². The zero-order valence-corrected chi connectivity index (χ0v) is 34.8. The van der Waals surface area contributed by atoms with E-state index in [9.17, 15) is 43.5 Å². The number of H-pyrrole nitrogens is 1. The van der Waals surface area contributed by atoms with Crippen molar-refractivity contribution in [2.45, 2.75) is 129 Å². The first kappa shape index (κ1) is 46.2. The van der Waals surface area contributed by atoms with E-state index in [1.54, 1.807) is 6.20 Å². The Morgan fingerprint density at radius 2 is 1.27 bits per heavy atom. The number of rotatable bonds is 19. The molecule has 0 aliphatic carbocycles. The predicted molar refractivity (Wildman–Crippen MR) is 218 cm³/mol. The lowest BCUT2D eigenvalue weighted by Crippen LogP contribution is -2.60. The Hall–Kier alpha value is -5.52. The predicted octanol–water partition coefficient (Wildman–Crippen LogP) is -0.274. The van der Waals surface area contributed by atoms with Crippen molar-refractivity contribution in [3.63, 3.8) is 0 Å². The van der Waals surface area contributed by atoms with Crippen LogP contribution in [0.3, 0.4) is 0 Å². The van der Waals surface area contributed by atoms with E-state index in [1.807, 2.05) is 52.0 Å². The lowest BCUT2D eigenvalue weighted by molar-refractivity contribution is -0.143. The summed E-state index contributed by atoms with van der Waals surface area (Å²) >= 11 is 0. The number of hydrogen-bond donors (Lipinski definition) is 8. The molecule has 0 spiro atoms. The van der Waals surface area contributed by atoms with Crippen LogP contribution >= 0.6 is 0 Å². The molecule has 0 unspecified atom stereocenters. The molecule has 2 saturated heterocycles. The van der Waals surface area contributed by atoms with E-state index in [-0.39, 0.29) is 50.6 Å². The Kier molecular flexibility index (Phi) is 16.4. The highest BCUT2D eigenvalue weighted by Gasteiger charge is 2.41. The number of nitrogens with two attached hydrogens (primary N) is 1. The van der Waals surface area contributed by atoms with E-state index >= 15 is 0 Å². The number of likely N-dealkylation sites (tertiary alicyclic amines) is 2. The zero-order valence-electron chi connectivity index (χ0n) is 34.8. The summed E-state index contributed by atoms with van der Waals surface area (Å²) in [6.07, 6.45) is 3.89. The van der Waals surface area contributed by atoms with Gasteiger partial charge in [0.05, 0.1) is 6.61 Å². The molecule has 2 fully saturated rings. The number of nitrogens with one attached hydrogen (secondary N) is 6. The minimum atomic E-state index is -1.38. The van der Waals surface area contributed by atoms with Crippen molar-refractivity contribution in [1.29, 1.82) is 0 Å². The molecule has 7 atom stereocenters. The number of aliphatic hydroxyl groups is 1. The Balaban J connectivity index is 1.51. The standard InChI is InChI=1S/C41H61N9O9/c1-22(2)17-29(37(55)48-32(21-51)41(59)49-15-9-13-33(49)35(42)53)46-39(57)34-14-10-16-50(34)40(58)31(18-23(3)4)47-38(56)30(45-36(54)24(5)44-25(6)52)19-26-20-43-28-12-8-7-11-27(26)28/h7-8,11-12,20,22-24,29-34,43,51H,9-10,13-19,21H2,1-6H3,(H2,42,53)(H,44,52)(H,45,54)(H,46,57)(H,47,56)(H,48,55)/t24-,29-,30-,31-,32-,33-,34-/m0/s1. The monoisotopic (exact) mass is 823 g/mol. The van der Waals surface area contributed by atoms with Crippen molar-refractivity contribution in [3.05, 3.63) is 36.0 Å². The largest absolute Gasteiger partial charge is 0.394 e. The summed E-state index contributed by atoms with van der Waals surface area (Å²) in [5, 5.41) is 24.4. The molecule has 9 N–H and O–H groups in total. The first-order valence-electron chi connectivity index (χ1n) is 20.5. The second-order valence-corrected chi connectivity index (χ2v) is 16.5. The zero-order chi connectivity index (χ0) is 43.6. The third-order valence-electron chi connectivity index (χ3n) is 10.7. The quantitative estimate of drug-likeness (QED) is 0.0926. The molecular formula is C41H61N9O9. The number of benzene rings is 1. The number of aliphatic hydroxyl groups excluding tert-OH is 1. The third kappa shape index (κ3) is 12.3. The molecule has 1 aromatic heterocycles. The number of primary amides is 1. The molecule has 2 aromatic rings. The van der Waals surface area contributed by atoms with Gasteiger partial charge in [-0.3, -0.25) is 38.4 Å². The highest BCUT2D eigenvalue weighted by Crippen LogP contribution is 2.23. The van der Waals surface area contributed by atoms with Gasteiger partial charge in [0.15, 0.2) is 0 Å². The van der Waals surface area contributed by atoms with E-state index in [0.29, 0.717) is 19.3 Å². The molecule has 0 radical (unpaired) electrons. The van der Waals surface area contributed by atoms with Gasteiger partial charge in [-0.15, -0.1) is 0 Å². The Morgan fingerprint density at radius 1 is 0.729 bits per heavy atom. The normalized spacial score (nSPS) is 19.1. The van der Waals surface area contributed by atoms with Crippen LogP contribution in [-0.4, -0.2) is 129 Å². The number of amides is 8. The van der Waals surface area contributed by atoms with Gasteiger partial charge in [0, 0.05) is 43.5 Å². The molecule has 324 valence electrons. The Bertz CT molecular complexity index is 1860. The Morgan fingerprint density at radius 3 is 1.88 bits per heavy atom. The van der Waals surface area contributed by atoms with Crippen LogP contribution in [0.1, 0.15) is 85.6 Å².